The average Bonchev–Trinajstić information content (AvgIpc) is 2.60. The molecule has 0 amide bonds. The predicted octanol–water partition coefficient (Wildman–Crippen LogP) is 1.42. The molecule has 1 unspecified atom stereocenters. The molecule has 8 nitrogen and oxygen atoms in total. The van der Waals surface area contributed by atoms with Crippen LogP contribution in [0.1, 0.15) is 12.8 Å². The van der Waals surface area contributed by atoms with E-state index in [-0.39, 0.29) is 27.4 Å². The predicted molar refractivity (Wildman–Crippen MR) is 89.2 cm³/mol. The monoisotopic (exact) mass is 350 g/mol. The molecule has 0 saturated carbocycles. The minimum atomic E-state index is -3.79. The lowest BCUT2D eigenvalue weighted by Crippen LogP contribution is -2.38. The summed E-state index contributed by atoms with van der Waals surface area (Å²) in [6.45, 7) is 2.07. The molecule has 0 radical (unpaired) electrons. The molecule has 128 valence electrons. The summed E-state index contributed by atoms with van der Waals surface area (Å²) in [5.41, 5.74) is -0.0468. The van der Waals surface area contributed by atoms with Crippen LogP contribution in [0.4, 0.5) is 5.69 Å². The minimum Gasteiger partial charge on any atom is -0.316 e. The van der Waals surface area contributed by atoms with E-state index in [9.17, 15) is 18.5 Å². The van der Waals surface area contributed by atoms with Crippen molar-refractivity contribution in [2.75, 3.05) is 19.6 Å². The molecule has 3 rings (SSSR count). The number of nitro benzene ring substituents is 1. The van der Waals surface area contributed by atoms with Gasteiger partial charge >= 0.3 is 0 Å². The Kier molecular flexibility index (Phi) is 4.74. The molecule has 1 aromatic heterocycles. The van der Waals surface area contributed by atoms with Gasteiger partial charge in [-0.1, -0.05) is 0 Å². The number of nitro groups is 1. The zero-order valence-electron chi connectivity index (χ0n) is 12.9. The number of pyridine rings is 1. The normalized spacial score (nSPS) is 18.6. The van der Waals surface area contributed by atoms with Crippen LogP contribution in [-0.2, 0) is 10.0 Å². The molecule has 1 saturated heterocycles. The summed E-state index contributed by atoms with van der Waals surface area (Å²) in [6, 6.07) is 5.51. The minimum absolute atomic E-state index is 0.0348. The van der Waals surface area contributed by atoms with E-state index in [4.69, 9.17) is 0 Å². The molecular formula is C15H18N4O4S. The fourth-order valence-electron chi connectivity index (χ4n) is 2.91. The average molecular weight is 350 g/mol. The van der Waals surface area contributed by atoms with Gasteiger partial charge < -0.3 is 5.32 Å². The van der Waals surface area contributed by atoms with Crippen LogP contribution in [-0.4, -0.2) is 38.0 Å². The fourth-order valence-corrected chi connectivity index (χ4v) is 4.19. The summed E-state index contributed by atoms with van der Waals surface area (Å²) < 4.78 is 27.9. The van der Waals surface area contributed by atoms with Gasteiger partial charge in [0.25, 0.3) is 5.69 Å². The van der Waals surface area contributed by atoms with Crippen LogP contribution in [0.3, 0.4) is 0 Å². The molecule has 0 bridgehead atoms. The maximum absolute atomic E-state index is 12.6. The van der Waals surface area contributed by atoms with E-state index in [2.05, 4.69) is 15.0 Å². The summed E-state index contributed by atoms with van der Waals surface area (Å²) in [5.74, 6) is 0.241. The van der Waals surface area contributed by atoms with Crippen LogP contribution in [0, 0.1) is 16.0 Å². The fraction of sp³-hybridized carbons (Fsp3) is 0.400. The Hall–Kier alpha value is -2.10. The van der Waals surface area contributed by atoms with Crippen molar-refractivity contribution in [3.05, 3.63) is 40.6 Å². The molecule has 1 fully saturated rings. The lowest BCUT2D eigenvalue weighted by molar-refractivity contribution is -0.383. The first-order valence-electron chi connectivity index (χ1n) is 7.71. The summed E-state index contributed by atoms with van der Waals surface area (Å²) in [5, 5.41) is 14.6. The largest absolute Gasteiger partial charge is 0.316 e. The standard InChI is InChI=1S/C15H18N4O4S/c20-19(21)13-5-6-14(15-12(13)4-2-8-17-15)24(22,23)18-10-11-3-1-7-16-9-11/h2,4-6,8,11,16,18H,1,3,7,9-10H2. The second-order valence-corrected chi connectivity index (χ2v) is 7.54. The van der Waals surface area contributed by atoms with Gasteiger partial charge in [-0.2, -0.15) is 0 Å². The maximum atomic E-state index is 12.6. The molecule has 2 N–H and O–H groups in total. The van der Waals surface area contributed by atoms with Gasteiger partial charge in [0.15, 0.2) is 0 Å². The smallest absolute Gasteiger partial charge is 0.278 e. The number of benzene rings is 1. The van der Waals surface area contributed by atoms with E-state index in [1.54, 1.807) is 6.07 Å². The first-order valence-corrected chi connectivity index (χ1v) is 9.20. The van der Waals surface area contributed by atoms with Crippen molar-refractivity contribution in [3.63, 3.8) is 0 Å². The molecule has 0 aliphatic carbocycles. The Morgan fingerprint density at radius 3 is 2.92 bits per heavy atom. The third-order valence-electron chi connectivity index (χ3n) is 4.16. The van der Waals surface area contributed by atoms with Crippen molar-refractivity contribution in [1.29, 1.82) is 0 Å². The van der Waals surface area contributed by atoms with E-state index >= 15 is 0 Å². The molecule has 1 aliphatic rings. The van der Waals surface area contributed by atoms with Crippen LogP contribution in [0.5, 0.6) is 0 Å². The lowest BCUT2D eigenvalue weighted by Gasteiger charge is -2.22. The van der Waals surface area contributed by atoms with Crippen molar-refractivity contribution in [3.8, 4) is 0 Å². The molecule has 1 aromatic carbocycles. The van der Waals surface area contributed by atoms with Gasteiger partial charge in [0.05, 0.1) is 15.8 Å². The number of non-ortho nitro benzene ring substituents is 1. The van der Waals surface area contributed by atoms with Crippen molar-refractivity contribution >= 4 is 26.6 Å². The molecule has 1 aliphatic heterocycles. The van der Waals surface area contributed by atoms with Crippen molar-refractivity contribution in [1.82, 2.24) is 15.0 Å². The first kappa shape index (κ1) is 16.7. The van der Waals surface area contributed by atoms with Crippen LogP contribution in [0.25, 0.3) is 10.9 Å². The van der Waals surface area contributed by atoms with E-state index in [1.807, 2.05) is 0 Å². The van der Waals surface area contributed by atoms with Crippen molar-refractivity contribution < 1.29 is 13.3 Å². The Labute approximate surface area is 139 Å². The van der Waals surface area contributed by atoms with Gasteiger partial charge in [-0.05, 0) is 50.0 Å². The number of piperidine rings is 1. The summed E-state index contributed by atoms with van der Waals surface area (Å²) in [4.78, 5) is 14.6. The summed E-state index contributed by atoms with van der Waals surface area (Å²) in [6.07, 6.45) is 3.42. The highest BCUT2D eigenvalue weighted by Gasteiger charge is 2.24. The van der Waals surface area contributed by atoms with Crippen LogP contribution >= 0.6 is 0 Å². The zero-order chi connectivity index (χ0) is 17.2. The molecule has 24 heavy (non-hydrogen) atoms. The summed E-state index contributed by atoms with van der Waals surface area (Å²) >= 11 is 0. The molecular weight excluding hydrogens is 332 g/mol. The van der Waals surface area contributed by atoms with Crippen LogP contribution in [0.2, 0.25) is 0 Å². The number of nitrogens with one attached hydrogen (secondary N) is 2. The topological polar surface area (TPSA) is 114 Å². The van der Waals surface area contributed by atoms with Crippen LogP contribution in [0.15, 0.2) is 35.4 Å². The second-order valence-electron chi connectivity index (χ2n) is 5.80. The number of nitrogens with zero attached hydrogens (tertiary/aromatic N) is 2. The Morgan fingerprint density at radius 1 is 1.38 bits per heavy atom. The molecule has 0 spiro atoms. The Balaban J connectivity index is 1.93. The Bertz CT molecular complexity index is 863. The lowest BCUT2D eigenvalue weighted by atomic mass is 10.0. The highest BCUT2D eigenvalue weighted by atomic mass is 32.2. The zero-order valence-corrected chi connectivity index (χ0v) is 13.8. The first-order chi connectivity index (χ1) is 11.5. The molecule has 1 atom stereocenters. The van der Waals surface area contributed by atoms with E-state index in [1.165, 1.54) is 24.4 Å². The SMILES string of the molecule is O=[N+]([O-])c1ccc(S(=O)(=O)NCC2CCCNC2)c2ncccc12. The third kappa shape index (κ3) is 3.37. The van der Waals surface area contributed by atoms with E-state index in [0.717, 1.165) is 25.9 Å². The number of hydrogen-bond acceptors (Lipinski definition) is 6. The maximum Gasteiger partial charge on any atom is 0.278 e. The number of fused-ring (bicyclic) bond motifs is 1. The van der Waals surface area contributed by atoms with Crippen molar-refractivity contribution in [2.24, 2.45) is 5.92 Å². The number of rotatable bonds is 5. The van der Waals surface area contributed by atoms with Gasteiger partial charge in [-0.25, -0.2) is 13.1 Å². The number of aromatic nitrogens is 1. The molecule has 9 heteroatoms. The van der Waals surface area contributed by atoms with Gasteiger partial charge in [0.1, 0.15) is 4.90 Å². The number of hydrogen-bond donors (Lipinski definition) is 2. The van der Waals surface area contributed by atoms with Crippen LogP contribution < -0.4 is 10.0 Å². The van der Waals surface area contributed by atoms with Gasteiger partial charge in [0, 0.05) is 18.8 Å². The highest BCUT2D eigenvalue weighted by Crippen LogP contribution is 2.29. The van der Waals surface area contributed by atoms with Gasteiger partial charge in [-0.15, -0.1) is 0 Å². The van der Waals surface area contributed by atoms with E-state index < -0.39 is 14.9 Å². The van der Waals surface area contributed by atoms with E-state index in [0.29, 0.717) is 6.54 Å². The highest BCUT2D eigenvalue weighted by molar-refractivity contribution is 7.89. The number of sulfonamides is 1. The van der Waals surface area contributed by atoms with Gasteiger partial charge in [-0.3, -0.25) is 15.1 Å². The summed E-state index contributed by atoms with van der Waals surface area (Å²) in [7, 11) is -3.79. The third-order valence-corrected chi connectivity index (χ3v) is 5.61. The quantitative estimate of drug-likeness (QED) is 0.623. The van der Waals surface area contributed by atoms with Crippen molar-refractivity contribution in [2.45, 2.75) is 17.7 Å². The molecule has 2 heterocycles. The molecule has 2 aromatic rings. The Morgan fingerprint density at radius 2 is 2.21 bits per heavy atom. The van der Waals surface area contributed by atoms with Gasteiger partial charge in [0.2, 0.25) is 10.0 Å². The second kappa shape index (κ2) is 6.80.